The molecule has 6 heteroatoms. The highest BCUT2D eigenvalue weighted by Crippen LogP contribution is 1.90. The van der Waals surface area contributed by atoms with Crippen molar-refractivity contribution in [2.24, 2.45) is 11.5 Å². The molecule has 0 bridgehead atoms. The summed E-state index contributed by atoms with van der Waals surface area (Å²) in [4.78, 5) is 23.0. The van der Waals surface area contributed by atoms with Crippen molar-refractivity contribution in [1.29, 1.82) is 0 Å². The topological polar surface area (TPSA) is 98.6 Å². The van der Waals surface area contributed by atoms with Gasteiger partial charge in [0, 0.05) is 13.1 Å². The van der Waals surface area contributed by atoms with Gasteiger partial charge in [0.2, 0.25) is 5.91 Å². The van der Waals surface area contributed by atoms with Crippen molar-refractivity contribution in [3.8, 4) is 0 Å². The fourth-order valence-electron chi connectivity index (χ4n) is 1.01. The molecule has 0 radical (unpaired) electrons. The van der Waals surface area contributed by atoms with Gasteiger partial charge in [-0.25, -0.2) is 0 Å². The zero-order chi connectivity index (χ0) is 14.0. The molecule has 102 valence electrons. The van der Waals surface area contributed by atoms with E-state index < -0.39 is 6.04 Å². The minimum Gasteiger partial charge on any atom is -0.468 e. The molecule has 0 aromatic rings. The quantitative estimate of drug-likeness (QED) is 0.665. The maximum atomic E-state index is 11.1. The van der Waals surface area contributed by atoms with Gasteiger partial charge in [-0.05, 0) is 27.7 Å². The van der Waals surface area contributed by atoms with E-state index in [-0.39, 0.29) is 17.9 Å². The first kappa shape index (κ1) is 18.2. The maximum Gasteiger partial charge on any atom is 0.322 e. The average molecular weight is 247 g/mol. The van der Waals surface area contributed by atoms with E-state index in [0.29, 0.717) is 0 Å². The van der Waals surface area contributed by atoms with E-state index in [9.17, 15) is 9.59 Å². The Morgan fingerprint density at radius 3 is 1.59 bits per heavy atom. The van der Waals surface area contributed by atoms with E-state index in [2.05, 4.69) is 4.74 Å². The molecule has 2 unspecified atom stereocenters. The third-order valence-electron chi connectivity index (χ3n) is 2.04. The van der Waals surface area contributed by atoms with Crippen molar-refractivity contribution in [3.05, 3.63) is 0 Å². The molecule has 0 fully saturated rings. The van der Waals surface area contributed by atoms with Crippen LogP contribution in [0.2, 0.25) is 0 Å². The van der Waals surface area contributed by atoms with Gasteiger partial charge in [0.15, 0.2) is 0 Å². The van der Waals surface area contributed by atoms with Crippen molar-refractivity contribution in [3.63, 3.8) is 0 Å². The van der Waals surface area contributed by atoms with Crippen molar-refractivity contribution in [1.82, 2.24) is 4.90 Å². The Bertz CT molecular complexity index is 226. The molecule has 0 spiro atoms. The molecule has 0 aliphatic heterocycles. The van der Waals surface area contributed by atoms with Crippen LogP contribution < -0.4 is 11.5 Å². The number of amides is 1. The monoisotopic (exact) mass is 247 g/mol. The SMILES string of the molecule is CCN(CC)C(=O)C(C)N.COC(=O)C(C)N. The molecular weight excluding hydrogens is 222 g/mol. The second-order valence-electron chi connectivity index (χ2n) is 3.61. The fraction of sp³-hybridized carbons (Fsp3) is 0.818. The van der Waals surface area contributed by atoms with Gasteiger partial charge in [0.25, 0.3) is 0 Å². The van der Waals surface area contributed by atoms with Crippen LogP contribution in [0.5, 0.6) is 0 Å². The molecule has 0 saturated carbocycles. The van der Waals surface area contributed by atoms with Crippen LogP contribution in [0.3, 0.4) is 0 Å². The normalized spacial score (nSPS) is 12.9. The Kier molecular flexibility index (Phi) is 10.8. The minimum absolute atomic E-state index is 0.0324. The summed E-state index contributed by atoms with van der Waals surface area (Å²) in [6.07, 6.45) is 0. The Morgan fingerprint density at radius 2 is 1.53 bits per heavy atom. The van der Waals surface area contributed by atoms with E-state index in [0.717, 1.165) is 13.1 Å². The van der Waals surface area contributed by atoms with Crippen molar-refractivity contribution in [2.45, 2.75) is 39.8 Å². The number of ether oxygens (including phenoxy) is 1. The molecule has 2 atom stereocenters. The molecule has 0 aliphatic rings. The molecule has 0 aromatic heterocycles. The smallest absolute Gasteiger partial charge is 0.322 e. The largest absolute Gasteiger partial charge is 0.468 e. The highest BCUT2D eigenvalue weighted by molar-refractivity contribution is 5.81. The van der Waals surface area contributed by atoms with Crippen LogP contribution in [0.25, 0.3) is 0 Å². The number of nitrogens with zero attached hydrogens (tertiary/aromatic N) is 1. The average Bonchev–Trinajstić information content (AvgIpc) is 2.29. The second kappa shape index (κ2) is 10.0. The van der Waals surface area contributed by atoms with Crippen LogP contribution in [0.15, 0.2) is 0 Å². The van der Waals surface area contributed by atoms with Gasteiger partial charge in [0.1, 0.15) is 6.04 Å². The molecule has 0 aromatic carbocycles. The first-order valence-electron chi connectivity index (χ1n) is 5.69. The molecule has 0 heterocycles. The lowest BCUT2D eigenvalue weighted by Gasteiger charge is -2.20. The fourth-order valence-corrected chi connectivity index (χ4v) is 1.01. The van der Waals surface area contributed by atoms with Crippen LogP contribution >= 0.6 is 0 Å². The van der Waals surface area contributed by atoms with Gasteiger partial charge in [0.05, 0.1) is 13.2 Å². The van der Waals surface area contributed by atoms with E-state index >= 15 is 0 Å². The van der Waals surface area contributed by atoms with Gasteiger partial charge >= 0.3 is 5.97 Å². The highest BCUT2D eigenvalue weighted by atomic mass is 16.5. The van der Waals surface area contributed by atoms with Crippen molar-refractivity contribution >= 4 is 11.9 Å². The van der Waals surface area contributed by atoms with E-state index in [1.807, 2.05) is 13.8 Å². The van der Waals surface area contributed by atoms with Gasteiger partial charge in [-0.1, -0.05) is 0 Å². The van der Waals surface area contributed by atoms with Crippen LogP contribution in [0, 0.1) is 0 Å². The van der Waals surface area contributed by atoms with E-state index in [4.69, 9.17) is 11.5 Å². The summed E-state index contributed by atoms with van der Waals surface area (Å²) >= 11 is 0. The lowest BCUT2D eigenvalue weighted by atomic mass is 10.3. The number of nitrogens with two attached hydrogens (primary N) is 2. The number of esters is 1. The number of rotatable bonds is 4. The van der Waals surface area contributed by atoms with Gasteiger partial charge in [-0.2, -0.15) is 0 Å². The molecule has 0 rings (SSSR count). The lowest BCUT2D eigenvalue weighted by Crippen LogP contribution is -2.41. The summed E-state index contributed by atoms with van der Waals surface area (Å²) < 4.78 is 4.25. The molecule has 0 aliphatic carbocycles. The molecule has 4 N–H and O–H groups in total. The molecule has 1 amide bonds. The number of likely N-dealkylation sites (N-methyl/N-ethyl adjacent to an activating group) is 1. The summed E-state index contributed by atoms with van der Waals surface area (Å²) in [5.41, 5.74) is 10.5. The number of carbonyl (C=O) groups is 2. The Labute approximate surface area is 103 Å². The Morgan fingerprint density at radius 1 is 1.12 bits per heavy atom. The summed E-state index contributed by atoms with van der Waals surface area (Å²) in [6.45, 7) is 8.67. The molecule has 0 saturated heterocycles. The zero-order valence-electron chi connectivity index (χ0n) is 11.4. The maximum absolute atomic E-state index is 11.1. The Hall–Kier alpha value is -1.14. The predicted octanol–water partition coefficient (Wildman–Crippen LogP) is -0.291. The summed E-state index contributed by atoms with van der Waals surface area (Å²) in [5.74, 6) is -0.343. The first-order valence-corrected chi connectivity index (χ1v) is 5.69. The minimum atomic E-state index is -0.495. The second-order valence-corrected chi connectivity index (χ2v) is 3.61. The van der Waals surface area contributed by atoms with Gasteiger partial charge in [-0.3, -0.25) is 9.59 Å². The third-order valence-corrected chi connectivity index (χ3v) is 2.04. The Balaban J connectivity index is 0. The number of carbonyl (C=O) groups excluding carboxylic acids is 2. The first-order chi connectivity index (χ1) is 7.81. The lowest BCUT2D eigenvalue weighted by molar-refractivity contribution is -0.141. The van der Waals surface area contributed by atoms with Crippen molar-refractivity contribution in [2.75, 3.05) is 20.2 Å². The van der Waals surface area contributed by atoms with Gasteiger partial charge in [-0.15, -0.1) is 0 Å². The molecule has 17 heavy (non-hydrogen) atoms. The van der Waals surface area contributed by atoms with E-state index in [1.165, 1.54) is 7.11 Å². The summed E-state index contributed by atoms with van der Waals surface area (Å²) in [6, 6.07) is -0.857. The van der Waals surface area contributed by atoms with Crippen LogP contribution in [-0.2, 0) is 14.3 Å². The highest BCUT2D eigenvalue weighted by Gasteiger charge is 2.12. The predicted molar refractivity (Wildman–Crippen MR) is 67.2 cm³/mol. The van der Waals surface area contributed by atoms with Crippen LogP contribution in [-0.4, -0.2) is 49.1 Å². The van der Waals surface area contributed by atoms with Crippen LogP contribution in [0.1, 0.15) is 27.7 Å². The summed E-state index contributed by atoms with van der Waals surface area (Å²) in [5, 5.41) is 0. The zero-order valence-corrected chi connectivity index (χ0v) is 11.4. The van der Waals surface area contributed by atoms with E-state index in [1.54, 1.807) is 18.7 Å². The number of hydrogen-bond donors (Lipinski definition) is 2. The van der Waals surface area contributed by atoms with Crippen LogP contribution in [0.4, 0.5) is 0 Å². The standard InChI is InChI=1S/C7H16N2O.C4H9NO2/c1-4-9(5-2)7(10)6(3)8;1-3(5)4(6)7-2/h6H,4-5,8H2,1-3H3;3H,5H2,1-2H3. The van der Waals surface area contributed by atoms with Gasteiger partial charge < -0.3 is 21.1 Å². The third kappa shape index (κ3) is 8.65. The molecule has 6 nitrogen and oxygen atoms in total. The number of hydrogen-bond acceptors (Lipinski definition) is 5. The number of methoxy groups -OCH3 is 1. The molecular formula is C11H25N3O3. The summed E-state index contributed by atoms with van der Waals surface area (Å²) in [7, 11) is 1.31. The van der Waals surface area contributed by atoms with Crippen molar-refractivity contribution < 1.29 is 14.3 Å².